The number of hydrogen-bond acceptors (Lipinski definition) is 5. The minimum atomic E-state index is -0.697. The van der Waals surface area contributed by atoms with Gasteiger partial charge in [0.1, 0.15) is 5.75 Å². The number of amides is 1. The van der Waals surface area contributed by atoms with Crippen molar-refractivity contribution in [1.29, 1.82) is 0 Å². The number of Topliss-reactive ketones (excluding diaryl/α,β-unsaturated/α-hetero) is 1. The number of ether oxygens (including phenoxy) is 2. The number of esters is 1. The van der Waals surface area contributed by atoms with E-state index >= 15 is 0 Å². The van der Waals surface area contributed by atoms with E-state index in [0.29, 0.717) is 22.6 Å². The SMILES string of the molecule is COc1ccc(C(=O)COC(=O)c2ccccc2NC(=O)c2cccc(C)c2)cc1. The van der Waals surface area contributed by atoms with Gasteiger partial charge in [-0.05, 0) is 55.5 Å². The molecule has 0 aliphatic carbocycles. The van der Waals surface area contributed by atoms with Gasteiger partial charge in [-0.1, -0.05) is 29.8 Å². The minimum Gasteiger partial charge on any atom is -0.497 e. The number of aryl methyl sites for hydroxylation is 1. The van der Waals surface area contributed by atoms with E-state index in [0.717, 1.165) is 5.56 Å². The quantitative estimate of drug-likeness (QED) is 0.470. The Morgan fingerprint density at radius 3 is 2.30 bits per heavy atom. The van der Waals surface area contributed by atoms with Gasteiger partial charge in [-0.2, -0.15) is 0 Å². The molecule has 0 fully saturated rings. The number of para-hydroxylation sites is 1. The molecule has 30 heavy (non-hydrogen) atoms. The van der Waals surface area contributed by atoms with E-state index in [2.05, 4.69) is 5.32 Å². The summed E-state index contributed by atoms with van der Waals surface area (Å²) in [5.74, 6) is -0.751. The number of carbonyl (C=O) groups is 3. The van der Waals surface area contributed by atoms with E-state index in [4.69, 9.17) is 9.47 Å². The summed E-state index contributed by atoms with van der Waals surface area (Å²) in [6.45, 7) is 1.48. The summed E-state index contributed by atoms with van der Waals surface area (Å²) in [5.41, 5.74) is 2.32. The van der Waals surface area contributed by atoms with Gasteiger partial charge < -0.3 is 14.8 Å². The molecule has 0 spiro atoms. The van der Waals surface area contributed by atoms with Crippen LogP contribution in [0.1, 0.15) is 36.6 Å². The summed E-state index contributed by atoms with van der Waals surface area (Å²) >= 11 is 0. The van der Waals surface area contributed by atoms with E-state index in [9.17, 15) is 14.4 Å². The highest BCUT2D eigenvalue weighted by molar-refractivity contribution is 6.08. The van der Waals surface area contributed by atoms with Crippen LogP contribution >= 0.6 is 0 Å². The van der Waals surface area contributed by atoms with Crippen LogP contribution in [-0.4, -0.2) is 31.4 Å². The Hall–Kier alpha value is -3.93. The van der Waals surface area contributed by atoms with E-state index < -0.39 is 12.6 Å². The molecule has 0 heterocycles. The van der Waals surface area contributed by atoms with Crippen molar-refractivity contribution in [2.75, 3.05) is 19.0 Å². The molecule has 1 N–H and O–H groups in total. The summed E-state index contributed by atoms with van der Waals surface area (Å²) in [7, 11) is 1.54. The van der Waals surface area contributed by atoms with Crippen LogP contribution in [0, 0.1) is 6.92 Å². The monoisotopic (exact) mass is 403 g/mol. The van der Waals surface area contributed by atoms with Gasteiger partial charge >= 0.3 is 5.97 Å². The average Bonchev–Trinajstić information content (AvgIpc) is 2.77. The molecule has 3 aromatic rings. The number of anilines is 1. The van der Waals surface area contributed by atoms with Crippen LogP contribution in [0.3, 0.4) is 0 Å². The minimum absolute atomic E-state index is 0.168. The third-order valence-electron chi connectivity index (χ3n) is 4.42. The van der Waals surface area contributed by atoms with Gasteiger partial charge in [0.2, 0.25) is 0 Å². The van der Waals surface area contributed by atoms with Gasteiger partial charge in [0, 0.05) is 11.1 Å². The lowest BCUT2D eigenvalue weighted by Crippen LogP contribution is -2.18. The first kappa shape index (κ1) is 20.8. The number of carbonyl (C=O) groups excluding carboxylic acids is 3. The number of rotatable bonds is 7. The molecular formula is C24H21NO5. The number of benzene rings is 3. The summed E-state index contributed by atoms with van der Waals surface area (Å²) < 4.78 is 10.2. The number of ketones is 1. The topological polar surface area (TPSA) is 81.7 Å². The Bertz CT molecular complexity index is 1070. The Balaban J connectivity index is 1.67. The van der Waals surface area contributed by atoms with Gasteiger partial charge in [-0.25, -0.2) is 4.79 Å². The van der Waals surface area contributed by atoms with Crippen LogP contribution in [0.25, 0.3) is 0 Å². The zero-order valence-corrected chi connectivity index (χ0v) is 16.7. The third-order valence-corrected chi connectivity index (χ3v) is 4.42. The fourth-order valence-corrected chi connectivity index (χ4v) is 2.82. The normalized spacial score (nSPS) is 10.2. The predicted molar refractivity (Wildman–Crippen MR) is 113 cm³/mol. The fraction of sp³-hybridized carbons (Fsp3) is 0.125. The molecule has 3 aromatic carbocycles. The van der Waals surface area contributed by atoms with Gasteiger partial charge in [-0.3, -0.25) is 9.59 Å². The Morgan fingerprint density at radius 1 is 0.867 bits per heavy atom. The Kier molecular flexibility index (Phi) is 6.60. The van der Waals surface area contributed by atoms with Crippen molar-refractivity contribution in [1.82, 2.24) is 0 Å². The van der Waals surface area contributed by atoms with Crippen molar-refractivity contribution in [3.05, 3.63) is 95.1 Å². The first-order valence-electron chi connectivity index (χ1n) is 9.29. The van der Waals surface area contributed by atoms with Crippen LogP contribution in [0.2, 0.25) is 0 Å². The Labute approximate surface area is 174 Å². The summed E-state index contributed by atoms with van der Waals surface area (Å²) in [6.07, 6.45) is 0. The van der Waals surface area contributed by atoms with E-state index in [-0.39, 0.29) is 17.3 Å². The molecule has 3 rings (SSSR count). The summed E-state index contributed by atoms with van der Waals surface area (Å²) in [4.78, 5) is 37.3. The lowest BCUT2D eigenvalue weighted by molar-refractivity contribution is 0.0475. The molecule has 0 aliphatic heterocycles. The summed E-state index contributed by atoms with van der Waals surface area (Å²) in [6, 6.07) is 20.1. The maximum atomic E-state index is 12.5. The van der Waals surface area contributed by atoms with Crippen molar-refractivity contribution in [2.24, 2.45) is 0 Å². The predicted octanol–water partition coefficient (Wildman–Crippen LogP) is 4.30. The van der Waals surface area contributed by atoms with Crippen molar-refractivity contribution < 1.29 is 23.9 Å². The van der Waals surface area contributed by atoms with Gasteiger partial charge in [-0.15, -0.1) is 0 Å². The molecule has 1 amide bonds. The Morgan fingerprint density at radius 2 is 1.60 bits per heavy atom. The standard InChI is InChI=1S/C24H21NO5/c1-16-6-5-7-18(14-16)23(27)25-21-9-4-3-8-20(21)24(28)30-15-22(26)17-10-12-19(29-2)13-11-17/h3-14H,15H2,1-2H3,(H,25,27). The second kappa shape index (κ2) is 9.52. The van der Waals surface area contributed by atoms with E-state index in [1.165, 1.54) is 13.2 Å². The molecule has 0 saturated heterocycles. The van der Waals surface area contributed by atoms with Gasteiger partial charge in [0.05, 0.1) is 18.4 Å². The maximum absolute atomic E-state index is 12.5. The number of methoxy groups -OCH3 is 1. The van der Waals surface area contributed by atoms with E-state index in [1.807, 2.05) is 13.0 Å². The first-order chi connectivity index (χ1) is 14.5. The highest BCUT2D eigenvalue weighted by Crippen LogP contribution is 2.18. The highest BCUT2D eigenvalue weighted by atomic mass is 16.5. The third kappa shape index (κ3) is 5.11. The number of hydrogen-bond donors (Lipinski definition) is 1. The lowest BCUT2D eigenvalue weighted by Gasteiger charge is -2.11. The van der Waals surface area contributed by atoms with Crippen LogP contribution in [0.5, 0.6) is 5.75 Å². The number of nitrogens with one attached hydrogen (secondary N) is 1. The highest BCUT2D eigenvalue weighted by Gasteiger charge is 2.17. The molecule has 0 radical (unpaired) electrons. The first-order valence-corrected chi connectivity index (χ1v) is 9.29. The molecule has 0 atom stereocenters. The van der Waals surface area contributed by atoms with Crippen molar-refractivity contribution in [3.63, 3.8) is 0 Å². The molecule has 0 bridgehead atoms. The second-order valence-electron chi connectivity index (χ2n) is 6.60. The second-order valence-corrected chi connectivity index (χ2v) is 6.60. The lowest BCUT2D eigenvalue weighted by atomic mass is 10.1. The van der Waals surface area contributed by atoms with Crippen molar-refractivity contribution in [2.45, 2.75) is 6.92 Å². The van der Waals surface area contributed by atoms with Crippen molar-refractivity contribution >= 4 is 23.3 Å². The van der Waals surface area contributed by atoms with E-state index in [1.54, 1.807) is 60.7 Å². The zero-order valence-electron chi connectivity index (χ0n) is 16.7. The molecule has 0 saturated carbocycles. The molecule has 0 unspecified atom stereocenters. The van der Waals surface area contributed by atoms with Crippen molar-refractivity contribution in [3.8, 4) is 5.75 Å². The maximum Gasteiger partial charge on any atom is 0.340 e. The molecule has 0 aliphatic rings. The smallest absolute Gasteiger partial charge is 0.340 e. The fourth-order valence-electron chi connectivity index (χ4n) is 2.82. The molecule has 152 valence electrons. The van der Waals surface area contributed by atoms with Gasteiger partial charge in [0.25, 0.3) is 5.91 Å². The average molecular weight is 403 g/mol. The zero-order chi connectivity index (χ0) is 21.5. The molecule has 6 nitrogen and oxygen atoms in total. The van der Waals surface area contributed by atoms with Crippen LogP contribution < -0.4 is 10.1 Å². The van der Waals surface area contributed by atoms with Crippen LogP contribution in [0.15, 0.2) is 72.8 Å². The van der Waals surface area contributed by atoms with Crippen LogP contribution in [-0.2, 0) is 4.74 Å². The molecule has 6 heteroatoms. The molecular weight excluding hydrogens is 382 g/mol. The largest absolute Gasteiger partial charge is 0.497 e. The summed E-state index contributed by atoms with van der Waals surface area (Å²) in [5, 5.41) is 2.73. The van der Waals surface area contributed by atoms with Gasteiger partial charge in [0.15, 0.2) is 12.4 Å². The van der Waals surface area contributed by atoms with Crippen LogP contribution in [0.4, 0.5) is 5.69 Å². The molecule has 0 aromatic heterocycles.